The van der Waals surface area contributed by atoms with Crippen molar-refractivity contribution >= 4 is 16.7 Å². The molecule has 3 rings (SSSR count). The van der Waals surface area contributed by atoms with Crippen molar-refractivity contribution in [2.45, 2.75) is 45.1 Å². The number of benzene rings is 1. The first-order valence-corrected chi connectivity index (χ1v) is 9.62. The molecule has 1 amide bonds. The minimum absolute atomic E-state index is 0.0389. The van der Waals surface area contributed by atoms with Crippen LogP contribution in [0.4, 0.5) is 0 Å². The molecule has 1 unspecified atom stereocenters. The maximum Gasteiger partial charge on any atom is 0.274 e. The summed E-state index contributed by atoms with van der Waals surface area (Å²) < 4.78 is 1.31. The van der Waals surface area contributed by atoms with Gasteiger partial charge in [-0.05, 0) is 32.3 Å². The second kappa shape index (κ2) is 8.45. The van der Waals surface area contributed by atoms with Crippen LogP contribution in [0.5, 0.6) is 0 Å². The molecule has 0 aliphatic carbocycles. The summed E-state index contributed by atoms with van der Waals surface area (Å²) in [6.45, 7) is 5.38. The second-order valence-corrected chi connectivity index (χ2v) is 7.36. The highest BCUT2D eigenvalue weighted by Gasteiger charge is 2.21. The lowest BCUT2D eigenvalue weighted by molar-refractivity contribution is -0.928. The highest BCUT2D eigenvalue weighted by atomic mass is 16.1. The van der Waals surface area contributed by atoms with Crippen LogP contribution in [0.3, 0.4) is 0 Å². The van der Waals surface area contributed by atoms with Crippen LogP contribution in [-0.4, -0.2) is 41.4 Å². The summed E-state index contributed by atoms with van der Waals surface area (Å²) in [5, 5.41) is 8.66. The molecule has 1 fully saturated rings. The summed E-state index contributed by atoms with van der Waals surface area (Å²) in [4.78, 5) is 26.1. The van der Waals surface area contributed by atoms with Crippen molar-refractivity contribution in [2.24, 2.45) is 7.05 Å². The average molecular weight is 357 g/mol. The monoisotopic (exact) mass is 357 g/mol. The van der Waals surface area contributed by atoms with Crippen molar-refractivity contribution in [3.63, 3.8) is 0 Å². The lowest BCUT2D eigenvalue weighted by Crippen LogP contribution is -3.16. The molecule has 1 saturated heterocycles. The lowest BCUT2D eigenvalue weighted by atomic mass is 10.0. The molecule has 0 saturated carbocycles. The number of hydrogen-bond acceptors (Lipinski definition) is 3. The van der Waals surface area contributed by atoms with E-state index in [9.17, 15) is 9.59 Å². The molecule has 0 spiro atoms. The van der Waals surface area contributed by atoms with Crippen LogP contribution in [0.1, 0.15) is 38.3 Å². The summed E-state index contributed by atoms with van der Waals surface area (Å²) >= 11 is 0. The molecule has 1 aromatic carbocycles. The van der Waals surface area contributed by atoms with Crippen LogP contribution in [-0.2, 0) is 18.3 Å². The number of carbonyl (C=O) groups excluding carboxylic acids is 1. The van der Waals surface area contributed by atoms with Gasteiger partial charge in [-0.25, -0.2) is 4.68 Å². The van der Waals surface area contributed by atoms with E-state index in [1.165, 1.54) is 30.5 Å². The van der Waals surface area contributed by atoms with Gasteiger partial charge in [0.15, 0.2) is 0 Å². The predicted molar refractivity (Wildman–Crippen MR) is 102 cm³/mol. The molecule has 0 radical (unpaired) electrons. The predicted octanol–water partition coefficient (Wildman–Crippen LogP) is 0.440. The quantitative estimate of drug-likeness (QED) is 0.737. The molecule has 0 bridgehead atoms. The maximum atomic E-state index is 12.3. The van der Waals surface area contributed by atoms with Gasteiger partial charge in [0.2, 0.25) is 5.91 Å². The number of quaternary nitrogens is 1. The Morgan fingerprint density at radius 1 is 1.31 bits per heavy atom. The molecule has 6 heteroatoms. The summed E-state index contributed by atoms with van der Waals surface area (Å²) in [5.41, 5.74) is 0.513. The first-order chi connectivity index (χ1) is 12.6. The molecule has 2 N–H and O–H groups in total. The third kappa shape index (κ3) is 4.30. The minimum Gasteiger partial charge on any atom is -0.356 e. The zero-order chi connectivity index (χ0) is 18.5. The van der Waals surface area contributed by atoms with Crippen molar-refractivity contribution < 1.29 is 9.69 Å². The van der Waals surface area contributed by atoms with Gasteiger partial charge < -0.3 is 10.2 Å². The third-order valence-electron chi connectivity index (χ3n) is 5.44. The Hall–Kier alpha value is -2.21. The van der Waals surface area contributed by atoms with Crippen LogP contribution in [0.2, 0.25) is 0 Å². The Morgan fingerprint density at radius 2 is 2.08 bits per heavy atom. The molecule has 26 heavy (non-hydrogen) atoms. The van der Waals surface area contributed by atoms with Crippen LogP contribution < -0.4 is 15.8 Å². The van der Waals surface area contributed by atoms with Gasteiger partial charge in [-0.2, -0.15) is 5.10 Å². The van der Waals surface area contributed by atoms with Gasteiger partial charge in [-0.3, -0.25) is 9.59 Å². The molecule has 1 aliphatic heterocycles. The minimum atomic E-state index is -0.136. The van der Waals surface area contributed by atoms with Gasteiger partial charge in [-0.15, -0.1) is 0 Å². The zero-order valence-corrected chi connectivity index (χ0v) is 15.8. The Kier molecular flexibility index (Phi) is 6.04. The number of carbonyl (C=O) groups is 1. The maximum absolute atomic E-state index is 12.3. The number of likely N-dealkylation sites (tertiary alicyclic amines) is 1. The fourth-order valence-corrected chi connectivity index (χ4v) is 3.89. The normalized spacial score (nSPS) is 20.2. The van der Waals surface area contributed by atoms with Crippen molar-refractivity contribution in [3.8, 4) is 0 Å². The molecule has 2 aromatic rings. The second-order valence-electron chi connectivity index (χ2n) is 7.36. The number of hydrogen-bond donors (Lipinski definition) is 2. The molecule has 6 nitrogen and oxygen atoms in total. The number of fused-ring (bicyclic) bond motifs is 1. The highest BCUT2D eigenvalue weighted by molar-refractivity contribution is 5.88. The topological polar surface area (TPSA) is 68.4 Å². The van der Waals surface area contributed by atoms with Crippen molar-refractivity contribution in [3.05, 3.63) is 40.3 Å². The summed E-state index contributed by atoms with van der Waals surface area (Å²) in [6.07, 6.45) is 5.17. The van der Waals surface area contributed by atoms with Crippen LogP contribution in [0.25, 0.3) is 10.8 Å². The van der Waals surface area contributed by atoms with Crippen molar-refractivity contribution in [2.75, 3.05) is 19.6 Å². The lowest BCUT2D eigenvalue weighted by Gasteiger charge is -2.30. The molecule has 2 heterocycles. The summed E-state index contributed by atoms with van der Waals surface area (Å²) in [5.74, 6) is -0.0389. The van der Waals surface area contributed by atoms with Gasteiger partial charge in [-0.1, -0.05) is 18.2 Å². The number of aromatic nitrogens is 2. The Labute approximate surface area is 154 Å². The van der Waals surface area contributed by atoms with E-state index in [2.05, 4.69) is 17.3 Å². The number of nitrogens with zero attached hydrogens (tertiary/aromatic N) is 2. The largest absolute Gasteiger partial charge is 0.356 e. The van der Waals surface area contributed by atoms with E-state index < -0.39 is 0 Å². The summed E-state index contributed by atoms with van der Waals surface area (Å²) in [7, 11) is 1.62. The zero-order valence-electron chi connectivity index (χ0n) is 15.8. The molecule has 2 atom stereocenters. The fourth-order valence-electron chi connectivity index (χ4n) is 3.89. The van der Waals surface area contributed by atoms with E-state index >= 15 is 0 Å². The number of amides is 1. The molecular formula is C20H29N4O2+. The van der Waals surface area contributed by atoms with E-state index in [-0.39, 0.29) is 17.9 Å². The first-order valence-electron chi connectivity index (χ1n) is 9.62. The third-order valence-corrected chi connectivity index (χ3v) is 5.44. The van der Waals surface area contributed by atoms with Gasteiger partial charge >= 0.3 is 0 Å². The standard InChI is InChI=1S/C20H28N4O2/c1-15-8-5-6-12-24(15)13-7-11-21-19(25)14-18-16-9-3-4-10-17(16)20(26)23(2)22-18/h3-4,9-10,15H,5-8,11-14H2,1-2H3,(H,21,25)/p+1/t15-/m0/s1. The smallest absolute Gasteiger partial charge is 0.274 e. The van der Waals surface area contributed by atoms with E-state index in [4.69, 9.17) is 0 Å². The molecule has 1 aromatic heterocycles. The van der Waals surface area contributed by atoms with Gasteiger partial charge in [0.05, 0.1) is 36.6 Å². The first kappa shape index (κ1) is 18.6. The Morgan fingerprint density at radius 3 is 2.85 bits per heavy atom. The Balaban J connectivity index is 1.55. The Bertz CT molecular complexity index is 830. The summed E-state index contributed by atoms with van der Waals surface area (Å²) in [6, 6.07) is 8.07. The average Bonchev–Trinajstić information content (AvgIpc) is 2.64. The van der Waals surface area contributed by atoms with Crippen LogP contribution in [0.15, 0.2) is 29.1 Å². The molecule has 1 aliphatic rings. The van der Waals surface area contributed by atoms with Crippen molar-refractivity contribution in [1.29, 1.82) is 0 Å². The van der Waals surface area contributed by atoms with E-state index in [1.807, 2.05) is 18.2 Å². The fraction of sp³-hybridized carbons (Fsp3) is 0.550. The van der Waals surface area contributed by atoms with E-state index in [1.54, 1.807) is 18.0 Å². The van der Waals surface area contributed by atoms with Crippen LogP contribution >= 0.6 is 0 Å². The highest BCUT2D eigenvalue weighted by Crippen LogP contribution is 2.13. The number of piperidine rings is 1. The van der Waals surface area contributed by atoms with Crippen molar-refractivity contribution in [1.82, 2.24) is 15.1 Å². The van der Waals surface area contributed by atoms with Gasteiger partial charge in [0, 0.05) is 25.4 Å². The number of rotatable bonds is 6. The number of aryl methyl sites for hydroxylation is 1. The van der Waals surface area contributed by atoms with E-state index in [0.29, 0.717) is 17.6 Å². The van der Waals surface area contributed by atoms with Gasteiger partial charge in [0.25, 0.3) is 5.56 Å². The van der Waals surface area contributed by atoms with Gasteiger partial charge in [0.1, 0.15) is 0 Å². The number of nitrogens with one attached hydrogen (secondary N) is 2. The molecule has 140 valence electrons. The van der Waals surface area contributed by atoms with Crippen LogP contribution in [0, 0.1) is 0 Å². The SMILES string of the molecule is C[C@H]1CCCC[NH+]1CCCNC(=O)Cc1nn(C)c(=O)c2ccccc12. The molecular weight excluding hydrogens is 328 g/mol. The van der Waals surface area contributed by atoms with E-state index in [0.717, 1.165) is 24.4 Å².